The van der Waals surface area contributed by atoms with Crippen LogP contribution in [0, 0.1) is 0 Å². The van der Waals surface area contributed by atoms with Gasteiger partial charge in [0.15, 0.2) is 0 Å². The molecule has 142 valence electrons. The molecule has 0 aromatic heterocycles. The zero-order chi connectivity index (χ0) is 18.8. The summed E-state index contributed by atoms with van der Waals surface area (Å²) in [6.07, 6.45) is 1.99. The van der Waals surface area contributed by atoms with Gasteiger partial charge in [-0.1, -0.05) is 6.58 Å². The van der Waals surface area contributed by atoms with Crippen molar-refractivity contribution in [1.29, 1.82) is 0 Å². The maximum atomic E-state index is 11.5. The van der Waals surface area contributed by atoms with Crippen molar-refractivity contribution in [3.05, 3.63) is 12.2 Å². The Bertz CT molecular complexity index is 436. The Morgan fingerprint density at radius 2 is 1.67 bits per heavy atom. The molecule has 0 aromatic rings. The molecule has 0 spiro atoms. The van der Waals surface area contributed by atoms with Crippen LogP contribution in [0.15, 0.2) is 12.2 Å². The standard InChI is InChI=1S/C16H32NO6P/c1-6-17(7-2,8-3)15(10-9-12-23-24(19,20)21)11-13-22-16(18)14(4)5/h15H,4,6-13H2,1-3,5H3,(H-,19,20,21)/p+1. The monoisotopic (exact) mass is 366 g/mol. The highest BCUT2D eigenvalue weighted by atomic mass is 31.2. The van der Waals surface area contributed by atoms with E-state index in [1.165, 1.54) is 0 Å². The molecule has 8 heteroatoms. The molecule has 0 aromatic carbocycles. The maximum Gasteiger partial charge on any atom is 0.469 e. The number of quaternary nitrogens is 1. The van der Waals surface area contributed by atoms with Crippen molar-refractivity contribution in [2.24, 2.45) is 0 Å². The van der Waals surface area contributed by atoms with Crippen LogP contribution in [0.2, 0.25) is 0 Å². The van der Waals surface area contributed by atoms with Crippen molar-refractivity contribution in [2.45, 2.75) is 53.0 Å². The number of carbonyl (C=O) groups excluding carboxylic acids is 1. The number of carbonyl (C=O) groups is 1. The first-order valence-corrected chi connectivity index (χ1v) is 10.0. The van der Waals surface area contributed by atoms with Crippen LogP contribution in [0.1, 0.15) is 47.0 Å². The lowest BCUT2D eigenvalue weighted by atomic mass is 10.0. The topological polar surface area (TPSA) is 93.1 Å². The number of nitrogens with zero attached hydrogens (tertiary/aromatic N) is 1. The number of rotatable bonds is 13. The van der Waals surface area contributed by atoms with Crippen LogP contribution >= 0.6 is 7.82 Å². The Balaban J connectivity index is 4.74. The lowest BCUT2D eigenvalue weighted by Gasteiger charge is -2.43. The minimum absolute atomic E-state index is 0.0173. The highest BCUT2D eigenvalue weighted by Gasteiger charge is 2.32. The number of phosphoric ester groups is 1. The van der Waals surface area contributed by atoms with Gasteiger partial charge in [0.05, 0.1) is 38.9 Å². The predicted molar refractivity (Wildman–Crippen MR) is 93.3 cm³/mol. The van der Waals surface area contributed by atoms with Gasteiger partial charge >= 0.3 is 13.8 Å². The third kappa shape index (κ3) is 8.40. The molecule has 0 saturated heterocycles. The molecule has 0 amide bonds. The van der Waals surface area contributed by atoms with E-state index < -0.39 is 7.82 Å². The van der Waals surface area contributed by atoms with Gasteiger partial charge in [-0.25, -0.2) is 9.36 Å². The van der Waals surface area contributed by atoms with Crippen LogP contribution in [-0.4, -0.2) is 59.1 Å². The average molecular weight is 366 g/mol. The highest BCUT2D eigenvalue weighted by Crippen LogP contribution is 2.36. The Morgan fingerprint density at radius 3 is 2.08 bits per heavy atom. The van der Waals surface area contributed by atoms with E-state index in [-0.39, 0.29) is 18.6 Å². The Kier molecular flexibility index (Phi) is 10.7. The first-order chi connectivity index (χ1) is 11.1. The molecule has 1 atom stereocenters. The molecule has 0 heterocycles. The molecule has 0 radical (unpaired) electrons. The summed E-state index contributed by atoms with van der Waals surface area (Å²) in [6, 6.07) is 0.239. The second-order valence-electron chi connectivity index (χ2n) is 5.99. The van der Waals surface area contributed by atoms with Gasteiger partial charge in [0.1, 0.15) is 0 Å². The molecule has 0 aliphatic carbocycles. The van der Waals surface area contributed by atoms with Gasteiger partial charge in [-0.15, -0.1) is 0 Å². The van der Waals surface area contributed by atoms with Crippen LogP contribution in [-0.2, 0) is 18.6 Å². The van der Waals surface area contributed by atoms with Crippen molar-refractivity contribution >= 4 is 13.8 Å². The van der Waals surface area contributed by atoms with E-state index in [2.05, 4.69) is 31.9 Å². The molecule has 0 aliphatic rings. The van der Waals surface area contributed by atoms with E-state index in [0.717, 1.165) is 30.5 Å². The Morgan fingerprint density at radius 1 is 1.12 bits per heavy atom. The molecule has 0 saturated carbocycles. The first kappa shape index (κ1) is 23.3. The lowest BCUT2D eigenvalue weighted by molar-refractivity contribution is -0.947. The summed E-state index contributed by atoms with van der Waals surface area (Å²) in [6.45, 7) is 14.8. The van der Waals surface area contributed by atoms with Crippen molar-refractivity contribution in [2.75, 3.05) is 32.8 Å². The van der Waals surface area contributed by atoms with Crippen molar-refractivity contribution in [3.63, 3.8) is 0 Å². The Hall–Kier alpha value is -0.720. The van der Waals surface area contributed by atoms with Gasteiger partial charge in [0, 0.05) is 18.4 Å². The summed E-state index contributed by atoms with van der Waals surface area (Å²) < 4.78 is 21.4. The molecule has 0 rings (SSSR count). The molecule has 2 N–H and O–H groups in total. The SMILES string of the molecule is C=C(C)C(=O)OCCC(CCCOP(=O)(O)O)[N+](CC)(CC)CC. The number of ether oxygens (including phenoxy) is 1. The summed E-state index contributed by atoms with van der Waals surface area (Å²) in [7, 11) is -4.42. The summed E-state index contributed by atoms with van der Waals surface area (Å²) in [5.74, 6) is -0.388. The number of phosphoric acid groups is 1. The maximum absolute atomic E-state index is 11.5. The Labute approximate surface area is 145 Å². The third-order valence-corrected chi connectivity index (χ3v) is 5.16. The number of esters is 1. The largest absolute Gasteiger partial charge is 0.469 e. The predicted octanol–water partition coefficient (Wildman–Crippen LogP) is 2.63. The molecule has 7 nitrogen and oxygen atoms in total. The van der Waals surface area contributed by atoms with Crippen molar-refractivity contribution in [1.82, 2.24) is 0 Å². The average Bonchev–Trinajstić information content (AvgIpc) is 2.51. The molecular formula is C16H33NO6P+. The van der Waals surface area contributed by atoms with Crippen LogP contribution in [0.5, 0.6) is 0 Å². The second-order valence-corrected chi connectivity index (χ2v) is 7.23. The van der Waals surface area contributed by atoms with Gasteiger partial charge < -0.3 is 19.0 Å². The van der Waals surface area contributed by atoms with Crippen LogP contribution in [0.3, 0.4) is 0 Å². The minimum atomic E-state index is -4.42. The van der Waals surface area contributed by atoms with E-state index in [0.29, 0.717) is 25.0 Å². The number of hydrogen-bond acceptors (Lipinski definition) is 4. The summed E-state index contributed by atoms with van der Waals surface area (Å²) in [5.41, 5.74) is 0.379. The molecule has 0 bridgehead atoms. The smallest absolute Gasteiger partial charge is 0.462 e. The van der Waals surface area contributed by atoms with Gasteiger partial charge in [0.2, 0.25) is 0 Å². The van der Waals surface area contributed by atoms with E-state index in [1.54, 1.807) is 6.92 Å². The highest BCUT2D eigenvalue weighted by molar-refractivity contribution is 7.46. The summed E-state index contributed by atoms with van der Waals surface area (Å²) >= 11 is 0. The molecule has 1 unspecified atom stereocenters. The summed E-state index contributed by atoms with van der Waals surface area (Å²) in [5, 5.41) is 0. The second kappa shape index (κ2) is 11.0. The molecule has 24 heavy (non-hydrogen) atoms. The normalized spacial score (nSPS) is 13.6. The van der Waals surface area contributed by atoms with Crippen molar-refractivity contribution < 1.29 is 32.9 Å². The van der Waals surface area contributed by atoms with E-state index in [4.69, 9.17) is 14.5 Å². The van der Waals surface area contributed by atoms with Crippen LogP contribution < -0.4 is 0 Å². The quantitative estimate of drug-likeness (QED) is 0.171. The molecule has 0 fully saturated rings. The minimum Gasteiger partial charge on any atom is -0.462 e. The van der Waals surface area contributed by atoms with Crippen LogP contribution in [0.25, 0.3) is 0 Å². The van der Waals surface area contributed by atoms with Gasteiger partial charge in [0.25, 0.3) is 0 Å². The summed E-state index contributed by atoms with van der Waals surface area (Å²) in [4.78, 5) is 29.0. The first-order valence-electron chi connectivity index (χ1n) is 8.50. The fourth-order valence-electron chi connectivity index (χ4n) is 3.05. The van der Waals surface area contributed by atoms with Gasteiger partial charge in [-0.05, 0) is 34.1 Å². The van der Waals surface area contributed by atoms with Crippen LogP contribution in [0.4, 0.5) is 0 Å². The van der Waals surface area contributed by atoms with E-state index in [9.17, 15) is 9.36 Å². The fourth-order valence-corrected chi connectivity index (χ4v) is 3.42. The van der Waals surface area contributed by atoms with Gasteiger partial charge in [-0.3, -0.25) is 4.52 Å². The van der Waals surface area contributed by atoms with Gasteiger partial charge in [-0.2, -0.15) is 0 Å². The molecular weight excluding hydrogens is 333 g/mol. The number of hydrogen-bond donors (Lipinski definition) is 2. The zero-order valence-electron chi connectivity index (χ0n) is 15.4. The van der Waals surface area contributed by atoms with E-state index >= 15 is 0 Å². The molecule has 0 aliphatic heterocycles. The zero-order valence-corrected chi connectivity index (χ0v) is 16.3. The fraction of sp³-hybridized carbons (Fsp3) is 0.812. The van der Waals surface area contributed by atoms with Crippen molar-refractivity contribution in [3.8, 4) is 0 Å². The third-order valence-electron chi connectivity index (χ3n) is 4.64. The lowest BCUT2D eigenvalue weighted by Crippen LogP contribution is -2.55. The van der Waals surface area contributed by atoms with E-state index in [1.807, 2.05) is 0 Å².